The largest absolute Gasteiger partial charge is 0.481 e. The van der Waals surface area contributed by atoms with Crippen molar-refractivity contribution in [3.8, 4) is 0 Å². The highest BCUT2D eigenvalue weighted by Crippen LogP contribution is 2.25. The summed E-state index contributed by atoms with van der Waals surface area (Å²) in [7, 11) is 0. The van der Waals surface area contributed by atoms with Crippen LogP contribution in [0.25, 0.3) is 0 Å². The Morgan fingerprint density at radius 2 is 2.08 bits per heavy atom. The summed E-state index contributed by atoms with van der Waals surface area (Å²) in [6.45, 7) is 9.26. The molecule has 0 aliphatic carbocycles. The third-order valence-corrected chi connectivity index (χ3v) is 2.16. The van der Waals surface area contributed by atoms with Gasteiger partial charge in [0.25, 0.3) is 0 Å². The highest BCUT2D eigenvalue weighted by atomic mass is 16.4. The van der Waals surface area contributed by atoms with Crippen LogP contribution in [0.4, 0.5) is 0 Å². The summed E-state index contributed by atoms with van der Waals surface area (Å²) in [6, 6.07) is 0. The first-order chi connectivity index (χ1) is 5.92. The first-order valence-corrected chi connectivity index (χ1v) is 4.43. The molecule has 0 unspecified atom stereocenters. The topological polar surface area (TPSA) is 37.3 Å². The lowest BCUT2D eigenvalue weighted by Gasteiger charge is -2.18. The standard InChI is InChI=1S/C11H18O2/c1-5-11(4,10(12)13)8-6-7-9(2)3/h5,7H,1,6,8H2,2-4H3,(H,12,13)/t11-/m0/s1. The van der Waals surface area contributed by atoms with Crippen LogP contribution in [0.2, 0.25) is 0 Å². The van der Waals surface area contributed by atoms with E-state index in [1.165, 1.54) is 11.6 Å². The summed E-state index contributed by atoms with van der Waals surface area (Å²) < 4.78 is 0. The highest BCUT2D eigenvalue weighted by Gasteiger charge is 2.28. The maximum absolute atomic E-state index is 10.8. The monoisotopic (exact) mass is 182 g/mol. The predicted molar refractivity (Wildman–Crippen MR) is 54.6 cm³/mol. The average Bonchev–Trinajstić information content (AvgIpc) is 2.03. The SMILES string of the molecule is C=C[C@@](C)(CCC=C(C)C)C(=O)O. The number of hydrogen-bond acceptors (Lipinski definition) is 1. The first kappa shape index (κ1) is 11.9. The Morgan fingerprint density at radius 1 is 1.54 bits per heavy atom. The van der Waals surface area contributed by atoms with Crippen LogP contribution in [-0.2, 0) is 4.79 Å². The zero-order valence-corrected chi connectivity index (χ0v) is 8.63. The number of rotatable bonds is 5. The average molecular weight is 182 g/mol. The number of hydrogen-bond donors (Lipinski definition) is 1. The summed E-state index contributed by atoms with van der Waals surface area (Å²) in [5, 5.41) is 8.91. The van der Waals surface area contributed by atoms with E-state index in [1.807, 2.05) is 19.9 Å². The molecule has 0 radical (unpaired) electrons. The quantitative estimate of drug-likeness (QED) is 0.663. The molecule has 0 aliphatic rings. The molecule has 0 rings (SSSR count). The summed E-state index contributed by atoms with van der Waals surface area (Å²) >= 11 is 0. The Hall–Kier alpha value is -1.05. The molecule has 0 saturated carbocycles. The molecule has 0 aromatic rings. The molecule has 0 aromatic heterocycles. The van der Waals surface area contributed by atoms with Crippen LogP contribution in [0.1, 0.15) is 33.6 Å². The van der Waals surface area contributed by atoms with Gasteiger partial charge in [0.05, 0.1) is 5.41 Å². The lowest BCUT2D eigenvalue weighted by Crippen LogP contribution is -2.24. The highest BCUT2D eigenvalue weighted by molar-refractivity contribution is 5.76. The van der Waals surface area contributed by atoms with Gasteiger partial charge in [0, 0.05) is 0 Å². The van der Waals surface area contributed by atoms with Crippen molar-refractivity contribution in [2.45, 2.75) is 33.6 Å². The van der Waals surface area contributed by atoms with Gasteiger partial charge in [-0.25, -0.2) is 0 Å². The van der Waals surface area contributed by atoms with E-state index < -0.39 is 11.4 Å². The molecule has 0 bridgehead atoms. The van der Waals surface area contributed by atoms with E-state index in [4.69, 9.17) is 5.11 Å². The zero-order valence-electron chi connectivity index (χ0n) is 8.63. The van der Waals surface area contributed by atoms with Crippen LogP contribution in [0, 0.1) is 5.41 Å². The van der Waals surface area contributed by atoms with E-state index >= 15 is 0 Å². The molecule has 13 heavy (non-hydrogen) atoms. The summed E-state index contributed by atoms with van der Waals surface area (Å²) in [6.07, 6.45) is 4.95. The van der Waals surface area contributed by atoms with E-state index in [0.29, 0.717) is 6.42 Å². The van der Waals surface area contributed by atoms with Gasteiger partial charge >= 0.3 is 5.97 Å². The third kappa shape index (κ3) is 3.92. The van der Waals surface area contributed by atoms with Crippen molar-refractivity contribution in [3.63, 3.8) is 0 Å². The lowest BCUT2D eigenvalue weighted by molar-refractivity contribution is -0.145. The van der Waals surface area contributed by atoms with Crippen LogP contribution in [-0.4, -0.2) is 11.1 Å². The summed E-state index contributed by atoms with van der Waals surface area (Å²) in [5.74, 6) is -0.801. The van der Waals surface area contributed by atoms with Gasteiger partial charge in [-0.1, -0.05) is 17.7 Å². The number of aliphatic carboxylic acids is 1. The Kier molecular flexibility index (Phi) is 4.46. The van der Waals surface area contributed by atoms with Gasteiger partial charge in [0.15, 0.2) is 0 Å². The van der Waals surface area contributed by atoms with Crippen LogP contribution >= 0.6 is 0 Å². The van der Waals surface area contributed by atoms with Gasteiger partial charge < -0.3 is 5.11 Å². The fourth-order valence-electron chi connectivity index (χ4n) is 0.957. The summed E-state index contributed by atoms with van der Waals surface area (Å²) in [4.78, 5) is 10.8. The fourth-order valence-corrected chi connectivity index (χ4v) is 0.957. The number of carbonyl (C=O) groups is 1. The minimum absolute atomic E-state index is 0.608. The van der Waals surface area contributed by atoms with Crippen molar-refractivity contribution in [2.24, 2.45) is 5.41 Å². The van der Waals surface area contributed by atoms with E-state index in [1.54, 1.807) is 6.92 Å². The molecule has 2 nitrogen and oxygen atoms in total. The summed E-state index contributed by atoms with van der Waals surface area (Å²) in [5.41, 5.74) is 0.433. The van der Waals surface area contributed by atoms with Crippen molar-refractivity contribution in [1.29, 1.82) is 0 Å². The predicted octanol–water partition coefficient (Wildman–Crippen LogP) is 3.01. The van der Waals surface area contributed by atoms with Crippen LogP contribution in [0.5, 0.6) is 0 Å². The van der Waals surface area contributed by atoms with Gasteiger partial charge in [-0.05, 0) is 33.6 Å². The molecule has 0 saturated heterocycles. The third-order valence-electron chi connectivity index (χ3n) is 2.16. The number of allylic oxidation sites excluding steroid dienone is 2. The molecular weight excluding hydrogens is 164 g/mol. The first-order valence-electron chi connectivity index (χ1n) is 4.43. The Labute approximate surface area is 80.0 Å². The molecule has 1 N–H and O–H groups in total. The second-order valence-electron chi connectivity index (χ2n) is 3.75. The van der Waals surface area contributed by atoms with Gasteiger partial charge in [-0.15, -0.1) is 6.58 Å². The Bertz CT molecular complexity index is 224. The fraction of sp³-hybridized carbons (Fsp3) is 0.545. The van der Waals surface area contributed by atoms with E-state index in [2.05, 4.69) is 6.58 Å². The molecule has 0 aromatic carbocycles. The van der Waals surface area contributed by atoms with E-state index in [0.717, 1.165) is 6.42 Å². The Morgan fingerprint density at radius 3 is 2.38 bits per heavy atom. The smallest absolute Gasteiger partial charge is 0.313 e. The molecule has 0 fully saturated rings. The van der Waals surface area contributed by atoms with E-state index in [-0.39, 0.29) is 0 Å². The van der Waals surface area contributed by atoms with Gasteiger partial charge in [0.2, 0.25) is 0 Å². The molecule has 1 atom stereocenters. The van der Waals surface area contributed by atoms with Crippen molar-refractivity contribution in [1.82, 2.24) is 0 Å². The van der Waals surface area contributed by atoms with Gasteiger partial charge in [-0.3, -0.25) is 4.79 Å². The maximum Gasteiger partial charge on any atom is 0.313 e. The molecule has 74 valence electrons. The molecular formula is C11H18O2. The molecule has 0 amide bonds. The minimum atomic E-state index is -0.801. The minimum Gasteiger partial charge on any atom is -0.481 e. The van der Waals surface area contributed by atoms with E-state index in [9.17, 15) is 4.79 Å². The van der Waals surface area contributed by atoms with Crippen molar-refractivity contribution >= 4 is 5.97 Å². The maximum atomic E-state index is 10.8. The van der Waals surface area contributed by atoms with Crippen molar-refractivity contribution in [3.05, 3.63) is 24.3 Å². The zero-order chi connectivity index (χ0) is 10.5. The number of carboxylic acid groups (broad SMARTS) is 1. The molecule has 0 heterocycles. The van der Waals surface area contributed by atoms with Gasteiger partial charge in [0.1, 0.15) is 0 Å². The van der Waals surface area contributed by atoms with Crippen LogP contribution in [0.15, 0.2) is 24.3 Å². The molecule has 0 spiro atoms. The number of carboxylic acids is 1. The lowest BCUT2D eigenvalue weighted by atomic mass is 9.85. The van der Waals surface area contributed by atoms with Crippen molar-refractivity contribution < 1.29 is 9.90 Å². The van der Waals surface area contributed by atoms with Gasteiger partial charge in [-0.2, -0.15) is 0 Å². The molecule has 0 aliphatic heterocycles. The van der Waals surface area contributed by atoms with Crippen LogP contribution in [0.3, 0.4) is 0 Å². The molecule has 2 heteroatoms. The second kappa shape index (κ2) is 4.85. The van der Waals surface area contributed by atoms with Crippen molar-refractivity contribution in [2.75, 3.05) is 0 Å². The Balaban J connectivity index is 4.22. The normalized spacial score (nSPS) is 14.4. The second-order valence-corrected chi connectivity index (χ2v) is 3.75. The van der Waals surface area contributed by atoms with Crippen LogP contribution < -0.4 is 0 Å².